The lowest BCUT2D eigenvalue weighted by Gasteiger charge is -2.10. The molecule has 0 fully saturated rings. The maximum Gasteiger partial charge on any atom is 0.338 e. The molecule has 7 nitrogen and oxygen atoms in total. The summed E-state index contributed by atoms with van der Waals surface area (Å²) in [6, 6.07) is 11.6. The van der Waals surface area contributed by atoms with Crippen molar-refractivity contribution in [1.29, 1.82) is 0 Å². The number of halogens is 2. The Morgan fingerprint density at radius 2 is 1.75 bits per heavy atom. The van der Waals surface area contributed by atoms with Gasteiger partial charge in [-0.2, -0.15) is 4.98 Å². The van der Waals surface area contributed by atoms with Crippen molar-refractivity contribution in [3.8, 4) is 11.5 Å². The van der Waals surface area contributed by atoms with Crippen molar-refractivity contribution in [2.75, 3.05) is 13.2 Å². The molecule has 0 amide bonds. The Bertz CT molecular complexity index is 924. The molecular weight excluding hydrogens is 407 g/mol. The van der Waals surface area contributed by atoms with E-state index in [9.17, 15) is 4.79 Å². The van der Waals surface area contributed by atoms with Gasteiger partial charge in [-0.05, 0) is 36.4 Å². The average molecular weight is 423 g/mol. The van der Waals surface area contributed by atoms with Crippen LogP contribution >= 0.6 is 23.2 Å². The zero-order chi connectivity index (χ0) is 19.9. The Kier molecular flexibility index (Phi) is 6.73. The number of ether oxygens (including phenoxy) is 3. The lowest BCUT2D eigenvalue weighted by molar-refractivity contribution is 0.0450. The summed E-state index contributed by atoms with van der Waals surface area (Å²) < 4.78 is 21.0. The van der Waals surface area contributed by atoms with Crippen LogP contribution in [-0.2, 0) is 11.3 Å². The van der Waals surface area contributed by atoms with Crippen LogP contribution in [0.5, 0.6) is 11.5 Å². The summed E-state index contributed by atoms with van der Waals surface area (Å²) >= 11 is 12.0. The number of hydrogen-bond acceptors (Lipinski definition) is 7. The molecule has 146 valence electrons. The number of carbonyl (C=O) groups excluding carboxylic acids is 1. The van der Waals surface area contributed by atoms with E-state index in [0.29, 0.717) is 38.8 Å². The Morgan fingerprint density at radius 1 is 1.04 bits per heavy atom. The summed E-state index contributed by atoms with van der Waals surface area (Å²) in [5, 5.41) is 4.53. The second-order valence-corrected chi connectivity index (χ2v) is 6.39. The molecule has 0 aliphatic heterocycles. The summed E-state index contributed by atoms with van der Waals surface area (Å²) in [5.74, 6) is 1.36. The molecule has 0 atom stereocenters. The van der Waals surface area contributed by atoms with Gasteiger partial charge in [0.1, 0.15) is 19.0 Å². The maximum atomic E-state index is 12.1. The number of carbonyl (C=O) groups is 1. The van der Waals surface area contributed by atoms with Crippen molar-refractivity contribution in [1.82, 2.24) is 10.1 Å². The number of hydrogen-bond donors (Lipinski definition) is 0. The van der Waals surface area contributed by atoms with Crippen LogP contribution in [0.3, 0.4) is 0 Å². The van der Waals surface area contributed by atoms with Crippen LogP contribution in [0.1, 0.15) is 22.1 Å². The van der Waals surface area contributed by atoms with Crippen molar-refractivity contribution >= 4 is 29.2 Å². The lowest BCUT2D eigenvalue weighted by Crippen LogP contribution is -2.12. The highest BCUT2D eigenvalue weighted by Gasteiger charge is 2.10. The van der Waals surface area contributed by atoms with Crippen LogP contribution < -0.4 is 9.47 Å². The molecule has 1 heterocycles. The largest absolute Gasteiger partial charge is 0.487 e. The van der Waals surface area contributed by atoms with Gasteiger partial charge in [0, 0.05) is 6.92 Å². The number of esters is 1. The Morgan fingerprint density at radius 3 is 2.39 bits per heavy atom. The van der Waals surface area contributed by atoms with Gasteiger partial charge in [0.25, 0.3) is 0 Å². The van der Waals surface area contributed by atoms with E-state index < -0.39 is 5.97 Å². The number of aromatic nitrogens is 2. The summed E-state index contributed by atoms with van der Waals surface area (Å²) in [6.07, 6.45) is 0. The quantitative estimate of drug-likeness (QED) is 0.390. The molecule has 2 aromatic carbocycles. The Hall–Kier alpha value is -2.77. The van der Waals surface area contributed by atoms with Gasteiger partial charge in [0.05, 0.1) is 15.6 Å². The van der Waals surface area contributed by atoms with Crippen molar-refractivity contribution in [3.63, 3.8) is 0 Å². The molecule has 0 spiro atoms. The van der Waals surface area contributed by atoms with Crippen LogP contribution in [0.4, 0.5) is 0 Å². The minimum atomic E-state index is -0.478. The molecule has 3 rings (SSSR count). The third-order valence-corrected chi connectivity index (χ3v) is 4.10. The van der Waals surface area contributed by atoms with Crippen LogP contribution in [0.15, 0.2) is 47.0 Å². The highest BCUT2D eigenvalue weighted by molar-refractivity contribution is 6.37. The molecule has 28 heavy (non-hydrogen) atoms. The molecule has 0 saturated heterocycles. The van der Waals surface area contributed by atoms with E-state index >= 15 is 0 Å². The molecule has 0 N–H and O–H groups in total. The minimum absolute atomic E-state index is 0.0514. The molecule has 1 aromatic heterocycles. The van der Waals surface area contributed by atoms with E-state index in [2.05, 4.69) is 10.1 Å². The van der Waals surface area contributed by atoms with E-state index in [1.807, 2.05) is 0 Å². The van der Waals surface area contributed by atoms with Crippen molar-refractivity contribution < 1.29 is 23.5 Å². The second-order valence-electron chi connectivity index (χ2n) is 5.58. The van der Waals surface area contributed by atoms with Crippen molar-refractivity contribution in [3.05, 3.63) is 69.8 Å². The molecule has 0 radical (unpaired) electrons. The number of para-hydroxylation sites is 1. The molecule has 0 saturated carbocycles. The third-order valence-electron chi connectivity index (χ3n) is 3.51. The smallest absolute Gasteiger partial charge is 0.338 e. The summed E-state index contributed by atoms with van der Waals surface area (Å²) in [4.78, 5) is 16.1. The van der Waals surface area contributed by atoms with Gasteiger partial charge >= 0.3 is 5.97 Å². The normalized spacial score (nSPS) is 10.5. The molecular formula is C19H16Cl2N2O5. The first-order valence-electron chi connectivity index (χ1n) is 8.29. The van der Waals surface area contributed by atoms with E-state index in [1.54, 1.807) is 49.4 Å². The summed E-state index contributed by atoms with van der Waals surface area (Å²) in [6.45, 7) is 2.05. The number of benzene rings is 2. The van der Waals surface area contributed by atoms with Crippen molar-refractivity contribution in [2.45, 2.75) is 13.5 Å². The predicted octanol–water partition coefficient (Wildman–Crippen LogP) is 4.50. The second kappa shape index (κ2) is 9.43. The lowest BCUT2D eigenvalue weighted by atomic mass is 10.2. The van der Waals surface area contributed by atoms with Gasteiger partial charge in [-0.1, -0.05) is 34.4 Å². The topological polar surface area (TPSA) is 83.7 Å². The molecule has 0 aliphatic carbocycles. The molecule has 0 bridgehead atoms. The first kappa shape index (κ1) is 20.0. The molecule has 3 aromatic rings. The first-order valence-corrected chi connectivity index (χ1v) is 9.04. The average Bonchev–Trinajstić information content (AvgIpc) is 3.11. The minimum Gasteiger partial charge on any atom is -0.487 e. The fourth-order valence-electron chi connectivity index (χ4n) is 2.22. The van der Waals surface area contributed by atoms with E-state index in [-0.39, 0.29) is 19.8 Å². The first-order chi connectivity index (χ1) is 13.5. The zero-order valence-electron chi connectivity index (χ0n) is 14.9. The Labute approximate surface area is 171 Å². The van der Waals surface area contributed by atoms with Crippen molar-refractivity contribution in [2.24, 2.45) is 0 Å². The standard InChI is InChI=1S/C19H16Cl2N2O5/c1-12-22-17(23-28-12)11-27-14-7-5-13(6-8-14)19(24)26-10-9-25-18-15(20)3-2-4-16(18)21/h2-8H,9-11H2,1H3. The van der Waals surface area contributed by atoms with E-state index in [1.165, 1.54) is 0 Å². The molecule has 0 aliphatic rings. The van der Waals surface area contributed by atoms with Gasteiger partial charge in [-0.3, -0.25) is 0 Å². The zero-order valence-corrected chi connectivity index (χ0v) is 16.4. The third kappa shape index (κ3) is 5.37. The van der Waals surface area contributed by atoms with Gasteiger partial charge in [-0.25, -0.2) is 4.79 Å². The number of aryl methyl sites for hydroxylation is 1. The van der Waals surface area contributed by atoms with Gasteiger partial charge in [0.2, 0.25) is 11.7 Å². The van der Waals surface area contributed by atoms with E-state index in [0.717, 1.165) is 0 Å². The van der Waals surface area contributed by atoms with Gasteiger partial charge in [0.15, 0.2) is 12.4 Å². The maximum absolute atomic E-state index is 12.1. The van der Waals surface area contributed by atoms with Crippen LogP contribution in [0.25, 0.3) is 0 Å². The number of nitrogens with zero attached hydrogens (tertiary/aromatic N) is 2. The van der Waals surface area contributed by atoms with Gasteiger partial charge in [-0.15, -0.1) is 0 Å². The molecule has 9 heteroatoms. The Balaban J connectivity index is 1.44. The van der Waals surface area contributed by atoms with Crippen LogP contribution in [-0.4, -0.2) is 29.3 Å². The van der Waals surface area contributed by atoms with Gasteiger partial charge < -0.3 is 18.7 Å². The fraction of sp³-hybridized carbons (Fsp3) is 0.211. The summed E-state index contributed by atoms with van der Waals surface area (Å²) in [5.41, 5.74) is 0.388. The monoisotopic (exact) mass is 422 g/mol. The highest BCUT2D eigenvalue weighted by atomic mass is 35.5. The summed E-state index contributed by atoms with van der Waals surface area (Å²) in [7, 11) is 0. The molecule has 0 unspecified atom stereocenters. The van der Waals surface area contributed by atoms with E-state index in [4.69, 9.17) is 41.9 Å². The SMILES string of the molecule is Cc1nc(COc2ccc(C(=O)OCCOc3c(Cl)cccc3Cl)cc2)no1. The highest BCUT2D eigenvalue weighted by Crippen LogP contribution is 2.32. The van der Waals surface area contributed by atoms with Crippen LogP contribution in [0.2, 0.25) is 10.0 Å². The number of rotatable bonds is 8. The van der Waals surface area contributed by atoms with Crippen LogP contribution in [0, 0.1) is 6.92 Å². The predicted molar refractivity (Wildman–Crippen MR) is 102 cm³/mol. The fourth-order valence-corrected chi connectivity index (χ4v) is 2.72.